The van der Waals surface area contributed by atoms with Crippen molar-refractivity contribution in [3.63, 3.8) is 0 Å². The summed E-state index contributed by atoms with van der Waals surface area (Å²) in [6.45, 7) is 4.88. The molecule has 0 amide bonds. The van der Waals surface area contributed by atoms with Gasteiger partial charge in [-0.3, -0.25) is 4.68 Å². The minimum Gasteiger partial charge on any atom is -0.490 e. The van der Waals surface area contributed by atoms with Crippen molar-refractivity contribution >= 4 is 0 Å². The number of nitrogens with one attached hydrogen (secondary N) is 1. The quantitative estimate of drug-likeness (QED) is 0.654. The van der Waals surface area contributed by atoms with E-state index >= 15 is 0 Å². The highest BCUT2D eigenvalue weighted by Gasteiger charge is 1.97. The number of nitrogens with zero attached hydrogens (tertiary/aromatic N) is 2. The van der Waals surface area contributed by atoms with E-state index in [2.05, 4.69) is 17.3 Å². The highest BCUT2D eigenvalue weighted by Crippen LogP contribution is 2.09. The molecular formula is C12H23N3O. The lowest BCUT2D eigenvalue weighted by atomic mass is 10.2. The molecule has 0 saturated carbocycles. The molecule has 0 spiro atoms. The van der Waals surface area contributed by atoms with Crippen molar-refractivity contribution < 1.29 is 4.74 Å². The Bertz CT molecular complexity index is 273. The van der Waals surface area contributed by atoms with Crippen LogP contribution in [0.3, 0.4) is 0 Å². The molecule has 1 N–H and O–H groups in total. The van der Waals surface area contributed by atoms with E-state index in [1.807, 2.05) is 17.9 Å². The van der Waals surface area contributed by atoms with Gasteiger partial charge in [-0.05, 0) is 33.4 Å². The maximum absolute atomic E-state index is 5.60. The van der Waals surface area contributed by atoms with Gasteiger partial charge in [-0.15, -0.1) is 0 Å². The Kier molecular flexibility index (Phi) is 6.65. The lowest BCUT2D eigenvalue weighted by Gasteiger charge is -2.03. The number of unbranched alkanes of at least 4 members (excludes halogenated alkanes) is 3. The molecule has 0 aliphatic rings. The summed E-state index contributed by atoms with van der Waals surface area (Å²) in [6, 6.07) is 0. The zero-order chi connectivity index (χ0) is 11.6. The molecule has 0 unspecified atom stereocenters. The normalized spacial score (nSPS) is 10.6. The van der Waals surface area contributed by atoms with Crippen LogP contribution < -0.4 is 10.1 Å². The van der Waals surface area contributed by atoms with E-state index in [-0.39, 0.29) is 0 Å². The Morgan fingerprint density at radius 1 is 1.31 bits per heavy atom. The van der Waals surface area contributed by atoms with Gasteiger partial charge in [0, 0.05) is 6.54 Å². The van der Waals surface area contributed by atoms with Gasteiger partial charge in [-0.1, -0.05) is 12.8 Å². The molecule has 1 aromatic rings. The van der Waals surface area contributed by atoms with Gasteiger partial charge in [-0.25, -0.2) is 0 Å². The third kappa shape index (κ3) is 5.16. The number of hydrogen-bond donors (Lipinski definition) is 1. The fraction of sp³-hybridized carbons (Fsp3) is 0.750. The summed E-state index contributed by atoms with van der Waals surface area (Å²) in [5.74, 6) is 0.886. The molecule has 0 aliphatic carbocycles. The molecule has 0 bridgehead atoms. The fourth-order valence-electron chi connectivity index (χ4n) is 1.54. The van der Waals surface area contributed by atoms with Gasteiger partial charge in [-0.2, -0.15) is 5.10 Å². The molecule has 1 heterocycles. The van der Waals surface area contributed by atoms with E-state index < -0.39 is 0 Å². The van der Waals surface area contributed by atoms with Crippen molar-refractivity contribution in [2.24, 2.45) is 0 Å². The molecule has 92 valence electrons. The fourth-order valence-corrected chi connectivity index (χ4v) is 1.54. The predicted octanol–water partition coefficient (Wildman–Crippen LogP) is 2.06. The Labute approximate surface area is 98.0 Å². The summed E-state index contributed by atoms with van der Waals surface area (Å²) in [7, 11) is 1.99. The zero-order valence-corrected chi connectivity index (χ0v) is 10.4. The summed E-state index contributed by atoms with van der Waals surface area (Å²) >= 11 is 0. The molecule has 4 nitrogen and oxygen atoms in total. The first kappa shape index (κ1) is 13.0. The highest BCUT2D eigenvalue weighted by molar-refractivity contribution is 5.11. The SMILES string of the molecule is CCn1cc(OCCCCCCNC)cn1. The third-order valence-electron chi connectivity index (χ3n) is 2.52. The van der Waals surface area contributed by atoms with Crippen LogP contribution in [0.15, 0.2) is 12.4 Å². The first-order chi connectivity index (χ1) is 7.86. The van der Waals surface area contributed by atoms with Gasteiger partial charge < -0.3 is 10.1 Å². The van der Waals surface area contributed by atoms with Gasteiger partial charge in [0.2, 0.25) is 0 Å². The first-order valence-corrected chi connectivity index (χ1v) is 6.16. The molecule has 0 aliphatic heterocycles. The molecule has 0 radical (unpaired) electrons. The van der Waals surface area contributed by atoms with E-state index in [4.69, 9.17) is 4.74 Å². The van der Waals surface area contributed by atoms with Crippen LogP contribution in [0.25, 0.3) is 0 Å². The first-order valence-electron chi connectivity index (χ1n) is 6.16. The van der Waals surface area contributed by atoms with Crippen molar-refractivity contribution in [2.75, 3.05) is 20.2 Å². The van der Waals surface area contributed by atoms with Gasteiger partial charge in [0.1, 0.15) is 0 Å². The molecule has 4 heteroatoms. The van der Waals surface area contributed by atoms with Gasteiger partial charge in [0.25, 0.3) is 0 Å². The standard InChI is InChI=1S/C12H23N3O/c1-3-15-11-12(10-14-15)16-9-7-5-4-6-8-13-2/h10-11,13H,3-9H2,1-2H3. The topological polar surface area (TPSA) is 39.1 Å². The second kappa shape index (κ2) is 8.16. The summed E-state index contributed by atoms with van der Waals surface area (Å²) < 4.78 is 7.47. The Hall–Kier alpha value is -1.03. The monoisotopic (exact) mass is 225 g/mol. The van der Waals surface area contributed by atoms with Crippen LogP contribution in [0.1, 0.15) is 32.6 Å². The van der Waals surface area contributed by atoms with Crippen molar-refractivity contribution in [2.45, 2.75) is 39.2 Å². The molecule has 0 saturated heterocycles. The van der Waals surface area contributed by atoms with Crippen LogP contribution in [-0.4, -0.2) is 30.0 Å². The lowest BCUT2D eigenvalue weighted by molar-refractivity contribution is 0.304. The third-order valence-corrected chi connectivity index (χ3v) is 2.52. The average Bonchev–Trinajstić information content (AvgIpc) is 2.76. The summed E-state index contributed by atoms with van der Waals surface area (Å²) in [4.78, 5) is 0. The maximum atomic E-state index is 5.60. The average molecular weight is 225 g/mol. The van der Waals surface area contributed by atoms with E-state index in [0.717, 1.165) is 31.9 Å². The zero-order valence-electron chi connectivity index (χ0n) is 10.4. The van der Waals surface area contributed by atoms with Gasteiger partial charge >= 0.3 is 0 Å². The molecule has 1 rings (SSSR count). The second-order valence-electron chi connectivity index (χ2n) is 3.90. The highest BCUT2D eigenvalue weighted by atomic mass is 16.5. The molecule has 0 aromatic carbocycles. The van der Waals surface area contributed by atoms with Crippen molar-refractivity contribution in [3.8, 4) is 5.75 Å². The van der Waals surface area contributed by atoms with Crippen LogP contribution in [-0.2, 0) is 6.54 Å². The minimum absolute atomic E-state index is 0.801. The lowest BCUT2D eigenvalue weighted by Crippen LogP contribution is -2.07. The number of aromatic nitrogens is 2. The summed E-state index contributed by atoms with van der Waals surface area (Å²) in [5, 5.41) is 7.31. The number of ether oxygens (including phenoxy) is 1. The van der Waals surface area contributed by atoms with Crippen molar-refractivity contribution in [3.05, 3.63) is 12.4 Å². The Morgan fingerprint density at radius 3 is 2.81 bits per heavy atom. The van der Waals surface area contributed by atoms with Crippen LogP contribution in [0.4, 0.5) is 0 Å². The van der Waals surface area contributed by atoms with Crippen LogP contribution in [0.5, 0.6) is 5.75 Å². The summed E-state index contributed by atoms with van der Waals surface area (Å²) in [6.07, 6.45) is 8.62. The van der Waals surface area contributed by atoms with Gasteiger partial charge in [0.15, 0.2) is 5.75 Å². The molecular weight excluding hydrogens is 202 g/mol. The largest absolute Gasteiger partial charge is 0.490 e. The second-order valence-corrected chi connectivity index (χ2v) is 3.90. The van der Waals surface area contributed by atoms with E-state index in [9.17, 15) is 0 Å². The van der Waals surface area contributed by atoms with Crippen LogP contribution >= 0.6 is 0 Å². The van der Waals surface area contributed by atoms with Crippen molar-refractivity contribution in [1.29, 1.82) is 0 Å². The Balaban J connectivity index is 1.98. The predicted molar refractivity (Wildman–Crippen MR) is 65.8 cm³/mol. The molecule has 1 aromatic heterocycles. The van der Waals surface area contributed by atoms with E-state index in [1.165, 1.54) is 19.3 Å². The maximum Gasteiger partial charge on any atom is 0.157 e. The van der Waals surface area contributed by atoms with Crippen molar-refractivity contribution in [1.82, 2.24) is 15.1 Å². The number of hydrogen-bond acceptors (Lipinski definition) is 3. The molecule has 0 atom stereocenters. The Morgan fingerprint density at radius 2 is 2.12 bits per heavy atom. The molecule has 16 heavy (non-hydrogen) atoms. The smallest absolute Gasteiger partial charge is 0.157 e. The molecule has 0 fully saturated rings. The van der Waals surface area contributed by atoms with E-state index in [0.29, 0.717) is 0 Å². The number of aryl methyl sites for hydroxylation is 1. The van der Waals surface area contributed by atoms with Crippen LogP contribution in [0, 0.1) is 0 Å². The minimum atomic E-state index is 0.801. The summed E-state index contributed by atoms with van der Waals surface area (Å²) in [5.41, 5.74) is 0. The van der Waals surface area contributed by atoms with E-state index in [1.54, 1.807) is 6.20 Å². The number of rotatable bonds is 9. The van der Waals surface area contributed by atoms with Gasteiger partial charge in [0.05, 0.1) is 19.0 Å². The van der Waals surface area contributed by atoms with Crippen LogP contribution in [0.2, 0.25) is 0 Å².